The molecule has 6 heteroatoms. The van der Waals surface area contributed by atoms with Gasteiger partial charge in [-0.3, -0.25) is 14.5 Å². The van der Waals surface area contributed by atoms with Crippen LogP contribution in [-0.4, -0.2) is 49.6 Å². The van der Waals surface area contributed by atoms with Crippen molar-refractivity contribution in [3.63, 3.8) is 0 Å². The summed E-state index contributed by atoms with van der Waals surface area (Å²) in [5.74, 6) is 0.407. The number of rotatable bonds is 7. The van der Waals surface area contributed by atoms with Crippen LogP contribution in [0, 0.1) is 0 Å². The first-order valence-corrected chi connectivity index (χ1v) is 6.98. The molecule has 0 bridgehead atoms. The van der Waals surface area contributed by atoms with Crippen LogP contribution in [0.4, 0.5) is 5.69 Å². The predicted molar refractivity (Wildman–Crippen MR) is 78.2 cm³/mol. The number of hydrogen-bond acceptors (Lipinski definition) is 5. The second kappa shape index (κ2) is 7.08. The Hall–Kier alpha value is -2.08. The highest BCUT2D eigenvalue weighted by molar-refractivity contribution is 6.06. The van der Waals surface area contributed by atoms with Gasteiger partial charge in [-0.05, 0) is 31.2 Å². The molecule has 1 N–H and O–H groups in total. The van der Waals surface area contributed by atoms with Crippen LogP contribution in [0.15, 0.2) is 24.3 Å². The van der Waals surface area contributed by atoms with E-state index in [1.807, 2.05) is 31.2 Å². The van der Waals surface area contributed by atoms with Crippen LogP contribution in [0.3, 0.4) is 0 Å². The Balaban J connectivity index is 1.96. The fourth-order valence-electron chi connectivity index (χ4n) is 2.23. The second-order valence-electron chi connectivity index (χ2n) is 4.73. The Bertz CT molecular complexity index is 501. The summed E-state index contributed by atoms with van der Waals surface area (Å²) in [7, 11) is 1.54. The van der Waals surface area contributed by atoms with E-state index < -0.39 is 6.04 Å². The lowest BCUT2D eigenvalue weighted by molar-refractivity contribution is -0.139. The molecule has 1 aromatic rings. The molecule has 1 aliphatic rings. The molecule has 1 unspecified atom stereocenters. The topological polar surface area (TPSA) is 67.9 Å². The molecule has 0 saturated carbocycles. The van der Waals surface area contributed by atoms with Crippen LogP contribution < -0.4 is 10.1 Å². The van der Waals surface area contributed by atoms with Crippen molar-refractivity contribution in [3.8, 4) is 5.75 Å². The van der Waals surface area contributed by atoms with Crippen LogP contribution in [0.25, 0.3) is 0 Å². The van der Waals surface area contributed by atoms with Crippen molar-refractivity contribution in [2.24, 2.45) is 0 Å². The van der Waals surface area contributed by atoms with Gasteiger partial charge in [0.05, 0.1) is 26.2 Å². The van der Waals surface area contributed by atoms with Crippen molar-refractivity contribution < 1.29 is 19.1 Å². The molecule has 1 atom stereocenters. The third kappa shape index (κ3) is 3.72. The Morgan fingerprint density at radius 3 is 2.62 bits per heavy atom. The number of anilines is 1. The summed E-state index contributed by atoms with van der Waals surface area (Å²) in [4.78, 5) is 25.2. The number of carbonyl (C=O) groups excluding carboxylic acids is 2. The van der Waals surface area contributed by atoms with Gasteiger partial charge in [0.25, 0.3) is 5.91 Å². The SMILES string of the molecule is CCOc1ccc(NC2CC(=O)N(CCOC)C2=O)cc1. The molecular formula is C15H20N2O4. The molecule has 114 valence electrons. The molecule has 1 saturated heterocycles. The number of methoxy groups -OCH3 is 1. The minimum Gasteiger partial charge on any atom is -0.494 e. The van der Waals surface area contributed by atoms with Crippen molar-refractivity contribution in [1.82, 2.24) is 4.90 Å². The number of amides is 2. The van der Waals surface area contributed by atoms with Gasteiger partial charge >= 0.3 is 0 Å². The lowest BCUT2D eigenvalue weighted by atomic mass is 10.2. The Morgan fingerprint density at radius 2 is 2.00 bits per heavy atom. The standard InChI is InChI=1S/C15H20N2O4/c1-3-21-12-6-4-11(5-7-12)16-13-10-14(18)17(15(13)19)8-9-20-2/h4-7,13,16H,3,8-10H2,1-2H3. The zero-order chi connectivity index (χ0) is 15.2. The van der Waals surface area contributed by atoms with Gasteiger partial charge < -0.3 is 14.8 Å². The molecular weight excluding hydrogens is 272 g/mol. The highest BCUT2D eigenvalue weighted by Gasteiger charge is 2.38. The van der Waals surface area contributed by atoms with Crippen LogP contribution in [0.5, 0.6) is 5.75 Å². The smallest absolute Gasteiger partial charge is 0.252 e. The van der Waals surface area contributed by atoms with Gasteiger partial charge in [-0.2, -0.15) is 0 Å². The largest absolute Gasteiger partial charge is 0.494 e. The minimum absolute atomic E-state index is 0.166. The van der Waals surface area contributed by atoms with Crippen LogP contribution in [-0.2, 0) is 14.3 Å². The number of benzene rings is 1. The van der Waals surface area contributed by atoms with E-state index in [1.54, 1.807) is 7.11 Å². The average Bonchev–Trinajstić information content (AvgIpc) is 2.74. The number of hydrogen-bond donors (Lipinski definition) is 1. The third-order valence-electron chi connectivity index (χ3n) is 3.27. The van der Waals surface area contributed by atoms with Crippen molar-refractivity contribution in [2.45, 2.75) is 19.4 Å². The molecule has 1 aliphatic heterocycles. The maximum absolute atomic E-state index is 12.2. The molecule has 0 spiro atoms. The summed E-state index contributed by atoms with van der Waals surface area (Å²) in [6.45, 7) is 3.18. The Labute approximate surface area is 124 Å². The third-order valence-corrected chi connectivity index (χ3v) is 3.27. The monoisotopic (exact) mass is 292 g/mol. The van der Waals surface area contributed by atoms with Crippen LogP contribution >= 0.6 is 0 Å². The zero-order valence-electron chi connectivity index (χ0n) is 12.3. The number of ether oxygens (including phenoxy) is 2. The summed E-state index contributed by atoms with van der Waals surface area (Å²) in [5.41, 5.74) is 0.790. The molecule has 0 aliphatic carbocycles. The number of likely N-dealkylation sites (tertiary alicyclic amines) is 1. The second-order valence-corrected chi connectivity index (χ2v) is 4.73. The fourth-order valence-corrected chi connectivity index (χ4v) is 2.23. The summed E-state index contributed by atoms with van der Waals surface area (Å²) in [6.07, 6.45) is 0.176. The first kappa shape index (κ1) is 15.3. The van der Waals surface area contributed by atoms with E-state index >= 15 is 0 Å². The van der Waals surface area contributed by atoms with Crippen molar-refractivity contribution in [1.29, 1.82) is 0 Å². The summed E-state index contributed by atoms with van der Waals surface area (Å²) < 4.78 is 10.3. The molecule has 6 nitrogen and oxygen atoms in total. The van der Waals surface area contributed by atoms with Gasteiger partial charge in [0, 0.05) is 12.8 Å². The van der Waals surface area contributed by atoms with Crippen molar-refractivity contribution in [2.75, 3.05) is 32.2 Å². The number of nitrogens with one attached hydrogen (secondary N) is 1. The van der Waals surface area contributed by atoms with Gasteiger partial charge in [0.15, 0.2) is 0 Å². The molecule has 1 aromatic carbocycles. The Morgan fingerprint density at radius 1 is 1.29 bits per heavy atom. The van der Waals surface area contributed by atoms with E-state index in [4.69, 9.17) is 9.47 Å². The van der Waals surface area contributed by atoms with E-state index in [-0.39, 0.29) is 18.2 Å². The van der Waals surface area contributed by atoms with Crippen LogP contribution in [0.1, 0.15) is 13.3 Å². The summed E-state index contributed by atoms with van der Waals surface area (Å²) in [5, 5.41) is 3.09. The molecule has 2 amide bonds. The first-order chi connectivity index (χ1) is 10.2. The van der Waals surface area contributed by atoms with E-state index in [0.717, 1.165) is 11.4 Å². The fraction of sp³-hybridized carbons (Fsp3) is 0.467. The zero-order valence-corrected chi connectivity index (χ0v) is 12.3. The lowest BCUT2D eigenvalue weighted by Crippen LogP contribution is -2.36. The van der Waals surface area contributed by atoms with E-state index in [2.05, 4.69) is 5.32 Å². The van der Waals surface area contributed by atoms with Crippen molar-refractivity contribution in [3.05, 3.63) is 24.3 Å². The molecule has 1 heterocycles. The van der Waals surface area contributed by atoms with E-state index in [0.29, 0.717) is 19.8 Å². The van der Waals surface area contributed by atoms with Gasteiger partial charge in [0.1, 0.15) is 11.8 Å². The molecule has 0 radical (unpaired) electrons. The average molecular weight is 292 g/mol. The number of nitrogens with zero attached hydrogens (tertiary/aromatic N) is 1. The minimum atomic E-state index is -0.507. The molecule has 1 fully saturated rings. The lowest BCUT2D eigenvalue weighted by Gasteiger charge is -2.15. The number of imide groups is 1. The first-order valence-electron chi connectivity index (χ1n) is 6.98. The highest BCUT2D eigenvalue weighted by Crippen LogP contribution is 2.20. The molecule has 0 aromatic heterocycles. The van der Waals surface area contributed by atoms with Crippen molar-refractivity contribution >= 4 is 17.5 Å². The van der Waals surface area contributed by atoms with Gasteiger partial charge in [-0.1, -0.05) is 0 Å². The maximum Gasteiger partial charge on any atom is 0.252 e. The maximum atomic E-state index is 12.2. The van der Waals surface area contributed by atoms with Gasteiger partial charge in [-0.25, -0.2) is 0 Å². The van der Waals surface area contributed by atoms with E-state index in [9.17, 15) is 9.59 Å². The van der Waals surface area contributed by atoms with Gasteiger partial charge in [-0.15, -0.1) is 0 Å². The van der Waals surface area contributed by atoms with Gasteiger partial charge in [0.2, 0.25) is 5.91 Å². The summed E-state index contributed by atoms with van der Waals surface area (Å²) >= 11 is 0. The van der Waals surface area contributed by atoms with Crippen LogP contribution in [0.2, 0.25) is 0 Å². The quantitative estimate of drug-likeness (QED) is 0.767. The van der Waals surface area contributed by atoms with E-state index in [1.165, 1.54) is 4.90 Å². The summed E-state index contributed by atoms with van der Waals surface area (Å²) in [6, 6.07) is 6.82. The normalized spacial score (nSPS) is 18.2. The molecule has 2 rings (SSSR count). The Kier molecular flexibility index (Phi) is 5.16. The number of carbonyl (C=O) groups is 2. The molecule has 21 heavy (non-hydrogen) atoms. The predicted octanol–water partition coefficient (Wildman–Crippen LogP) is 1.27. The highest BCUT2D eigenvalue weighted by atomic mass is 16.5.